The van der Waals surface area contributed by atoms with Crippen molar-refractivity contribution in [1.82, 2.24) is 0 Å². The summed E-state index contributed by atoms with van der Waals surface area (Å²) in [6.45, 7) is 2.07. The van der Waals surface area contributed by atoms with Gasteiger partial charge in [-0.15, -0.1) is 0 Å². The minimum absolute atomic E-state index is 0.231. The van der Waals surface area contributed by atoms with Crippen molar-refractivity contribution < 1.29 is 13.9 Å². The van der Waals surface area contributed by atoms with E-state index in [0.29, 0.717) is 6.61 Å². The van der Waals surface area contributed by atoms with Crippen LogP contribution in [0.3, 0.4) is 0 Å². The Hall–Kier alpha value is -2.56. The standard InChI is InChI=1S/C19H19FN2O2/c20-15-7-5-8-16(22-10-3-4-11-22)18(15)21-19(23)14-12-24-17-9-2-1-6-13(14)17/h1-2,5-9,14H,3-4,10-12H2,(H,21,23). The fourth-order valence-electron chi connectivity index (χ4n) is 3.45. The van der Waals surface area contributed by atoms with E-state index in [4.69, 9.17) is 4.74 Å². The number of hydrogen-bond acceptors (Lipinski definition) is 3. The number of carbonyl (C=O) groups excluding carboxylic acids is 1. The minimum Gasteiger partial charge on any atom is -0.492 e. The number of amides is 1. The Kier molecular flexibility index (Phi) is 3.84. The number of nitrogens with one attached hydrogen (secondary N) is 1. The van der Waals surface area contributed by atoms with Crippen LogP contribution >= 0.6 is 0 Å². The average molecular weight is 326 g/mol. The van der Waals surface area contributed by atoms with Crippen LogP contribution in [0.25, 0.3) is 0 Å². The lowest BCUT2D eigenvalue weighted by atomic mass is 10.0. The molecule has 2 heterocycles. The van der Waals surface area contributed by atoms with Gasteiger partial charge >= 0.3 is 0 Å². The van der Waals surface area contributed by atoms with Crippen LogP contribution in [0.15, 0.2) is 42.5 Å². The van der Waals surface area contributed by atoms with Crippen molar-refractivity contribution in [2.75, 3.05) is 29.9 Å². The number of hydrogen-bond donors (Lipinski definition) is 1. The molecule has 0 aromatic heterocycles. The molecule has 0 saturated carbocycles. The first-order valence-electron chi connectivity index (χ1n) is 8.30. The first-order chi connectivity index (χ1) is 11.7. The molecule has 0 bridgehead atoms. The lowest BCUT2D eigenvalue weighted by molar-refractivity contribution is -0.117. The van der Waals surface area contributed by atoms with Gasteiger partial charge in [-0.3, -0.25) is 4.79 Å². The first kappa shape index (κ1) is 15.0. The monoisotopic (exact) mass is 326 g/mol. The van der Waals surface area contributed by atoms with E-state index in [2.05, 4.69) is 10.2 Å². The van der Waals surface area contributed by atoms with Gasteiger partial charge in [0.05, 0.1) is 5.69 Å². The third-order valence-electron chi connectivity index (χ3n) is 4.70. The molecule has 1 N–H and O–H groups in total. The van der Waals surface area contributed by atoms with Gasteiger partial charge in [0.1, 0.15) is 29.8 Å². The summed E-state index contributed by atoms with van der Waals surface area (Å²) in [5.74, 6) is -0.316. The Bertz CT molecular complexity index is 772. The topological polar surface area (TPSA) is 41.6 Å². The molecule has 1 unspecified atom stereocenters. The Morgan fingerprint density at radius 2 is 1.92 bits per heavy atom. The van der Waals surface area contributed by atoms with Gasteiger partial charge in [-0.25, -0.2) is 4.39 Å². The molecular formula is C19H19FN2O2. The third-order valence-corrected chi connectivity index (χ3v) is 4.70. The number of halogens is 1. The molecule has 4 rings (SSSR count). The quantitative estimate of drug-likeness (QED) is 0.938. The molecule has 124 valence electrons. The first-order valence-corrected chi connectivity index (χ1v) is 8.30. The van der Waals surface area contributed by atoms with Crippen LogP contribution in [-0.2, 0) is 4.79 Å². The molecule has 4 nitrogen and oxygen atoms in total. The molecular weight excluding hydrogens is 307 g/mol. The van der Waals surface area contributed by atoms with E-state index in [1.54, 1.807) is 6.07 Å². The highest BCUT2D eigenvalue weighted by molar-refractivity contribution is 5.99. The number of para-hydroxylation sites is 2. The molecule has 0 aliphatic carbocycles. The maximum absolute atomic E-state index is 14.4. The Labute approximate surface area is 140 Å². The summed E-state index contributed by atoms with van der Waals surface area (Å²) >= 11 is 0. The van der Waals surface area contributed by atoms with Crippen LogP contribution < -0.4 is 15.0 Å². The van der Waals surface area contributed by atoms with E-state index in [0.717, 1.165) is 42.9 Å². The van der Waals surface area contributed by atoms with Gasteiger partial charge < -0.3 is 15.0 Å². The Balaban J connectivity index is 1.61. The van der Waals surface area contributed by atoms with Crippen LogP contribution in [0.2, 0.25) is 0 Å². The van der Waals surface area contributed by atoms with Gasteiger partial charge in [0, 0.05) is 18.7 Å². The maximum atomic E-state index is 14.4. The highest BCUT2D eigenvalue weighted by atomic mass is 19.1. The van der Waals surface area contributed by atoms with Crippen LogP contribution in [0.5, 0.6) is 5.75 Å². The molecule has 2 aromatic rings. The third kappa shape index (κ3) is 2.60. The molecule has 2 aromatic carbocycles. The molecule has 2 aliphatic rings. The number of carbonyl (C=O) groups is 1. The molecule has 1 amide bonds. The van der Waals surface area contributed by atoms with Crippen molar-refractivity contribution in [3.8, 4) is 5.75 Å². The number of fused-ring (bicyclic) bond motifs is 1. The summed E-state index contributed by atoms with van der Waals surface area (Å²) in [4.78, 5) is 14.8. The van der Waals surface area contributed by atoms with Crippen LogP contribution in [0.1, 0.15) is 24.3 Å². The molecule has 1 atom stereocenters. The highest BCUT2D eigenvalue weighted by Gasteiger charge is 2.31. The summed E-state index contributed by atoms with van der Waals surface area (Å²) in [6.07, 6.45) is 2.18. The predicted octanol–water partition coefficient (Wildman–Crippen LogP) is 3.54. The number of rotatable bonds is 3. The van der Waals surface area contributed by atoms with Crippen LogP contribution in [0.4, 0.5) is 15.8 Å². The normalized spacial score (nSPS) is 19.0. The summed E-state index contributed by atoms with van der Waals surface area (Å²) < 4.78 is 19.9. The van der Waals surface area contributed by atoms with Gasteiger partial charge in [-0.1, -0.05) is 24.3 Å². The second-order valence-corrected chi connectivity index (χ2v) is 6.22. The number of benzene rings is 2. The Morgan fingerprint density at radius 3 is 2.75 bits per heavy atom. The molecule has 0 radical (unpaired) electrons. The van der Waals surface area contributed by atoms with Crippen molar-refractivity contribution in [3.63, 3.8) is 0 Å². The second-order valence-electron chi connectivity index (χ2n) is 6.22. The maximum Gasteiger partial charge on any atom is 0.235 e. The highest BCUT2D eigenvalue weighted by Crippen LogP contribution is 2.36. The summed E-state index contributed by atoms with van der Waals surface area (Å²) in [6, 6.07) is 12.4. The molecule has 5 heteroatoms. The zero-order valence-electron chi connectivity index (χ0n) is 13.3. The van der Waals surface area contributed by atoms with Gasteiger partial charge in [0.15, 0.2) is 0 Å². The fraction of sp³-hybridized carbons (Fsp3) is 0.316. The van der Waals surface area contributed by atoms with Gasteiger partial charge in [0.25, 0.3) is 0 Å². The van der Waals surface area contributed by atoms with Crippen LogP contribution in [0, 0.1) is 5.82 Å². The number of nitrogens with zero attached hydrogens (tertiary/aromatic N) is 1. The summed E-state index contributed by atoms with van der Waals surface area (Å²) in [7, 11) is 0. The SMILES string of the molecule is O=C(Nc1c(F)cccc1N1CCCC1)C1COc2ccccc21. The minimum atomic E-state index is -0.410. The van der Waals surface area contributed by atoms with Crippen molar-refractivity contribution in [2.24, 2.45) is 0 Å². The van der Waals surface area contributed by atoms with Crippen molar-refractivity contribution >= 4 is 17.3 Å². The summed E-state index contributed by atoms with van der Waals surface area (Å²) in [5, 5.41) is 2.80. The zero-order chi connectivity index (χ0) is 16.5. The van der Waals surface area contributed by atoms with Gasteiger partial charge in [-0.2, -0.15) is 0 Å². The van der Waals surface area contributed by atoms with Crippen molar-refractivity contribution in [1.29, 1.82) is 0 Å². The van der Waals surface area contributed by atoms with E-state index in [-0.39, 0.29) is 11.6 Å². The van der Waals surface area contributed by atoms with Gasteiger partial charge in [0.2, 0.25) is 5.91 Å². The van der Waals surface area contributed by atoms with E-state index in [1.165, 1.54) is 6.07 Å². The van der Waals surface area contributed by atoms with E-state index in [9.17, 15) is 9.18 Å². The predicted molar refractivity (Wildman–Crippen MR) is 91.2 cm³/mol. The molecule has 1 fully saturated rings. The molecule has 2 aliphatic heterocycles. The zero-order valence-corrected chi connectivity index (χ0v) is 13.3. The van der Waals surface area contributed by atoms with E-state index < -0.39 is 11.7 Å². The fourth-order valence-corrected chi connectivity index (χ4v) is 3.45. The van der Waals surface area contributed by atoms with E-state index >= 15 is 0 Å². The lowest BCUT2D eigenvalue weighted by Gasteiger charge is -2.22. The van der Waals surface area contributed by atoms with Crippen molar-refractivity contribution in [3.05, 3.63) is 53.8 Å². The largest absolute Gasteiger partial charge is 0.492 e. The second kappa shape index (κ2) is 6.15. The van der Waals surface area contributed by atoms with Crippen LogP contribution in [-0.4, -0.2) is 25.6 Å². The van der Waals surface area contributed by atoms with E-state index in [1.807, 2.05) is 30.3 Å². The lowest BCUT2D eigenvalue weighted by Crippen LogP contribution is -2.25. The molecule has 0 spiro atoms. The summed E-state index contributed by atoms with van der Waals surface area (Å²) in [5.41, 5.74) is 1.89. The van der Waals surface area contributed by atoms with Crippen molar-refractivity contribution in [2.45, 2.75) is 18.8 Å². The van der Waals surface area contributed by atoms with Gasteiger partial charge in [-0.05, 0) is 31.0 Å². The Morgan fingerprint density at radius 1 is 1.12 bits per heavy atom. The smallest absolute Gasteiger partial charge is 0.235 e. The molecule has 1 saturated heterocycles. The average Bonchev–Trinajstić information content (AvgIpc) is 3.26. The number of anilines is 2. The number of ether oxygens (including phenoxy) is 1. The molecule has 24 heavy (non-hydrogen) atoms.